The Morgan fingerprint density at radius 2 is 2.22 bits per heavy atom. The molecule has 0 radical (unpaired) electrons. The van der Waals surface area contributed by atoms with Crippen LogP contribution in [0.15, 0.2) is 22.7 Å². The van der Waals surface area contributed by atoms with E-state index in [0.29, 0.717) is 11.3 Å². The van der Waals surface area contributed by atoms with Crippen LogP contribution in [0.4, 0.5) is 4.39 Å². The van der Waals surface area contributed by atoms with Gasteiger partial charge in [-0.3, -0.25) is 0 Å². The third-order valence-corrected chi connectivity index (χ3v) is 2.48. The highest BCUT2D eigenvalue weighted by Gasteiger charge is 2.20. The lowest BCUT2D eigenvalue weighted by Gasteiger charge is -2.09. The summed E-state index contributed by atoms with van der Waals surface area (Å²) in [6.45, 7) is 1.75. The number of nitrogens with zero attached hydrogens (tertiary/aromatic N) is 1. The normalized spacial score (nSPS) is 10.4. The number of hydrogen-bond acceptors (Lipinski definition) is 4. The van der Waals surface area contributed by atoms with Crippen molar-refractivity contribution in [2.24, 2.45) is 0 Å². The van der Waals surface area contributed by atoms with Crippen LogP contribution in [0, 0.1) is 12.7 Å². The number of aromatic nitrogens is 1. The average Bonchev–Trinajstić information content (AvgIpc) is 2.81. The molecule has 0 aliphatic heterocycles. The first kappa shape index (κ1) is 12.1. The minimum absolute atomic E-state index is 0.0884. The maximum absolute atomic E-state index is 13.8. The van der Waals surface area contributed by atoms with Crippen LogP contribution in [0.5, 0.6) is 5.75 Å². The monoisotopic (exact) mass is 251 g/mol. The molecule has 0 amide bonds. The summed E-state index contributed by atoms with van der Waals surface area (Å²) in [5, 5.41) is 12.3. The molecule has 2 rings (SSSR count). The second-order valence-electron chi connectivity index (χ2n) is 3.65. The van der Waals surface area contributed by atoms with Crippen LogP contribution in [0.2, 0.25) is 0 Å². The van der Waals surface area contributed by atoms with Crippen molar-refractivity contribution >= 4 is 5.97 Å². The molecule has 94 valence electrons. The Labute approximate surface area is 102 Å². The van der Waals surface area contributed by atoms with Gasteiger partial charge in [-0.1, -0.05) is 11.2 Å². The summed E-state index contributed by atoms with van der Waals surface area (Å²) in [7, 11) is 1.41. The van der Waals surface area contributed by atoms with Gasteiger partial charge in [0, 0.05) is 6.07 Å². The highest BCUT2D eigenvalue weighted by Crippen LogP contribution is 2.34. The molecule has 6 heteroatoms. The first-order valence-corrected chi connectivity index (χ1v) is 5.08. The van der Waals surface area contributed by atoms with Crippen molar-refractivity contribution in [1.29, 1.82) is 0 Å². The molecule has 0 fully saturated rings. The first-order chi connectivity index (χ1) is 8.54. The number of aryl methyl sites for hydroxylation is 1. The number of aromatic carboxylic acids is 1. The molecular formula is C12H10FNO4. The van der Waals surface area contributed by atoms with Crippen molar-refractivity contribution in [2.75, 3.05) is 7.11 Å². The molecule has 5 nitrogen and oxygen atoms in total. The van der Waals surface area contributed by atoms with Crippen molar-refractivity contribution in [1.82, 2.24) is 5.16 Å². The van der Waals surface area contributed by atoms with Gasteiger partial charge in [-0.05, 0) is 18.6 Å². The first-order valence-electron chi connectivity index (χ1n) is 5.08. The second-order valence-corrected chi connectivity index (χ2v) is 3.65. The zero-order valence-corrected chi connectivity index (χ0v) is 9.73. The average molecular weight is 251 g/mol. The Morgan fingerprint density at radius 1 is 1.50 bits per heavy atom. The minimum Gasteiger partial charge on any atom is -0.496 e. The lowest BCUT2D eigenvalue weighted by Crippen LogP contribution is -1.95. The van der Waals surface area contributed by atoms with Gasteiger partial charge in [0.25, 0.3) is 0 Å². The molecular weight excluding hydrogens is 241 g/mol. The third-order valence-electron chi connectivity index (χ3n) is 2.48. The Bertz CT molecular complexity index is 606. The summed E-state index contributed by atoms with van der Waals surface area (Å²) in [5.74, 6) is -1.86. The van der Waals surface area contributed by atoms with Gasteiger partial charge >= 0.3 is 5.97 Å². The molecule has 2 aromatic rings. The number of hydrogen-bond donors (Lipinski definition) is 1. The van der Waals surface area contributed by atoms with Crippen molar-refractivity contribution in [3.05, 3.63) is 35.3 Å². The molecule has 0 spiro atoms. The topological polar surface area (TPSA) is 72.6 Å². The van der Waals surface area contributed by atoms with Gasteiger partial charge in [-0.2, -0.15) is 0 Å². The van der Waals surface area contributed by atoms with Crippen LogP contribution in [0.3, 0.4) is 0 Å². The van der Waals surface area contributed by atoms with E-state index in [9.17, 15) is 9.18 Å². The van der Waals surface area contributed by atoms with Crippen molar-refractivity contribution in [3.63, 3.8) is 0 Å². The zero-order valence-electron chi connectivity index (χ0n) is 9.73. The molecule has 0 unspecified atom stereocenters. The van der Waals surface area contributed by atoms with E-state index in [1.807, 2.05) is 0 Å². The molecule has 0 aliphatic rings. The van der Waals surface area contributed by atoms with Crippen LogP contribution in [-0.2, 0) is 0 Å². The number of carboxylic acid groups (broad SMARTS) is 1. The molecule has 1 aromatic carbocycles. The van der Waals surface area contributed by atoms with E-state index in [-0.39, 0.29) is 17.0 Å². The molecule has 1 aromatic heterocycles. The van der Waals surface area contributed by atoms with E-state index in [2.05, 4.69) is 9.68 Å². The number of ether oxygens (including phenoxy) is 1. The fraction of sp³-hybridized carbons (Fsp3) is 0.167. The van der Waals surface area contributed by atoms with Crippen LogP contribution < -0.4 is 4.74 Å². The second kappa shape index (κ2) is 4.48. The molecule has 0 atom stereocenters. The Morgan fingerprint density at radius 3 is 2.78 bits per heavy atom. The van der Waals surface area contributed by atoms with E-state index >= 15 is 0 Å². The Kier molecular flexibility index (Phi) is 3.01. The van der Waals surface area contributed by atoms with Gasteiger partial charge in [0.2, 0.25) is 5.76 Å². The highest BCUT2D eigenvalue weighted by molar-refractivity contribution is 5.86. The van der Waals surface area contributed by atoms with Gasteiger partial charge in [0.05, 0.1) is 12.7 Å². The summed E-state index contributed by atoms with van der Waals surface area (Å²) in [5.41, 5.74) is 0.896. The molecule has 0 aliphatic carbocycles. The predicted molar refractivity (Wildman–Crippen MR) is 60.1 cm³/mol. The van der Waals surface area contributed by atoms with Gasteiger partial charge in [-0.25, -0.2) is 9.18 Å². The molecule has 1 N–H and O–H groups in total. The summed E-state index contributed by atoms with van der Waals surface area (Å²) >= 11 is 0. The minimum atomic E-state index is -1.26. The van der Waals surface area contributed by atoms with Gasteiger partial charge in [-0.15, -0.1) is 0 Å². The van der Waals surface area contributed by atoms with E-state index in [4.69, 9.17) is 9.84 Å². The van der Waals surface area contributed by atoms with E-state index < -0.39 is 11.8 Å². The SMILES string of the molecule is COc1c(C)ccc(F)c1-c1cc(C(=O)O)on1. The zero-order chi connectivity index (χ0) is 13.3. The van der Waals surface area contributed by atoms with Gasteiger partial charge in [0.1, 0.15) is 17.3 Å². The van der Waals surface area contributed by atoms with Crippen LogP contribution in [0.25, 0.3) is 11.3 Å². The molecule has 0 saturated carbocycles. The Balaban J connectivity index is 2.62. The Hall–Kier alpha value is -2.37. The van der Waals surface area contributed by atoms with E-state index in [0.717, 1.165) is 6.07 Å². The summed E-state index contributed by atoms with van der Waals surface area (Å²) in [6.07, 6.45) is 0. The lowest BCUT2D eigenvalue weighted by atomic mass is 10.1. The fourth-order valence-corrected chi connectivity index (χ4v) is 1.66. The number of carboxylic acids is 1. The number of benzene rings is 1. The summed E-state index contributed by atoms with van der Waals surface area (Å²) in [6, 6.07) is 3.99. The number of halogens is 1. The molecule has 0 saturated heterocycles. The van der Waals surface area contributed by atoms with E-state index in [1.165, 1.54) is 13.2 Å². The van der Waals surface area contributed by atoms with Gasteiger partial charge < -0.3 is 14.4 Å². The van der Waals surface area contributed by atoms with Gasteiger partial charge in [0.15, 0.2) is 0 Å². The number of methoxy groups -OCH3 is 1. The number of rotatable bonds is 3. The quantitative estimate of drug-likeness (QED) is 0.907. The van der Waals surface area contributed by atoms with E-state index in [1.54, 1.807) is 13.0 Å². The van der Waals surface area contributed by atoms with Crippen molar-refractivity contribution in [3.8, 4) is 17.0 Å². The van der Waals surface area contributed by atoms with Crippen LogP contribution in [-0.4, -0.2) is 23.3 Å². The smallest absolute Gasteiger partial charge is 0.374 e. The standard InChI is InChI=1S/C12H10FNO4/c1-6-3-4-7(13)10(11(6)17-2)8-5-9(12(15)16)18-14-8/h3-5H,1-2H3,(H,15,16). The maximum Gasteiger partial charge on any atom is 0.374 e. The number of carbonyl (C=O) groups is 1. The summed E-state index contributed by atoms with van der Waals surface area (Å²) in [4.78, 5) is 10.7. The largest absolute Gasteiger partial charge is 0.496 e. The molecule has 1 heterocycles. The highest BCUT2D eigenvalue weighted by atomic mass is 19.1. The third kappa shape index (κ3) is 1.92. The molecule has 18 heavy (non-hydrogen) atoms. The lowest BCUT2D eigenvalue weighted by molar-refractivity contribution is 0.0652. The maximum atomic E-state index is 13.8. The van der Waals surface area contributed by atoms with Crippen LogP contribution in [0.1, 0.15) is 16.1 Å². The van der Waals surface area contributed by atoms with Crippen molar-refractivity contribution < 1.29 is 23.6 Å². The fourth-order valence-electron chi connectivity index (χ4n) is 1.66. The van der Waals surface area contributed by atoms with Crippen molar-refractivity contribution in [2.45, 2.75) is 6.92 Å². The van der Waals surface area contributed by atoms with Crippen LogP contribution >= 0.6 is 0 Å². The molecule has 0 bridgehead atoms. The predicted octanol–water partition coefficient (Wildman–Crippen LogP) is 2.50. The summed E-state index contributed by atoms with van der Waals surface area (Å²) < 4.78 is 23.5.